The Labute approximate surface area is 266 Å². The SMILES string of the molecule is COc1ccnc(C(=O)N[C@H]2CC(=O)C(=O)[C@H](Cc3ccccc3)[C@H](OC(=O)C(C)C)[C@H](C)C(=O)C2=O)c1OCOC(=O)C(C)C. The molecule has 4 atom stereocenters. The number of pyridine rings is 1. The molecule has 0 aliphatic heterocycles. The Kier molecular flexibility index (Phi) is 12.3. The molecule has 1 aromatic heterocycles. The first-order valence-electron chi connectivity index (χ1n) is 14.8. The molecule has 1 fully saturated rings. The van der Waals surface area contributed by atoms with Gasteiger partial charge in [-0.3, -0.25) is 33.6 Å². The van der Waals surface area contributed by atoms with Gasteiger partial charge in [-0.25, -0.2) is 4.98 Å². The van der Waals surface area contributed by atoms with Gasteiger partial charge in [0.25, 0.3) is 5.91 Å². The van der Waals surface area contributed by atoms with Gasteiger partial charge in [0.15, 0.2) is 17.2 Å². The van der Waals surface area contributed by atoms with Crippen LogP contribution in [0, 0.1) is 23.7 Å². The maximum Gasteiger partial charge on any atom is 0.311 e. The van der Waals surface area contributed by atoms with Crippen molar-refractivity contribution in [3.63, 3.8) is 0 Å². The maximum absolute atomic E-state index is 13.7. The van der Waals surface area contributed by atoms with Crippen molar-refractivity contribution in [2.24, 2.45) is 23.7 Å². The third-order valence-electron chi connectivity index (χ3n) is 7.37. The number of esters is 2. The topological polar surface area (TPSA) is 181 Å². The predicted octanol–water partition coefficient (Wildman–Crippen LogP) is 2.47. The van der Waals surface area contributed by atoms with Crippen LogP contribution in [-0.4, -0.2) is 72.0 Å². The molecule has 0 spiro atoms. The zero-order valence-corrected chi connectivity index (χ0v) is 26.6. The van der Waals surface area contributed by atoms with Crippen molar-refractivity contribution in [1.29, 1.82) is 0 Å². The highest BCUT2D eigenvalue weighted by Crippen LogP contribution is 2.31. The van der Waals surface area contributed by atoms with Gasteiger partial charge < -0.3 is 24.3 Å². The monoisotopic (exact) mass is 638 g/mol. The van der Waals surface area contributed by atoms with Crippen LogP contribution in [0.25, 0.3) is 0 Å². The minimum absolute atomic E-state index is 0.0380. The van der Waals surface area contributed by atoms with Crippen LogP contribution < -0.4 is 14.8 Å². The Hall–Kier alpha value is -4.94. The van der Waals surface area contributed by atoms with Gasteiger partial charge in [0, 0.05) is 18.7 Å². The summed E-state index contributed by atoms with van der Waals surface area (Å²) in [6, 6.07) is 8.28. The summed E-state index contributed by atoms with van der Waals surface area (Å²) in [6.45, 7) is 7.12. The number of methoxy groups -OCH3 is 1. The second-order valence-electron chi connectivity index (χ2n) is 11.5. The Bertz CT molecular complexity index is 1490. The molecular formula is C33H38N2O11. The molecule has 1 aromatic carbocycles. The lowest BCUT2D eigenvalue weighted by molar-refractivity contribution is -0.164. The molecule has 2 aromatic rings. The molecule has 0 bridgehead atoms. The molecule has 3 rings (SSSR count). The van der Waals surface area contributed by atoms with Crippen molar-refractivity contribution in [2.75, 3.05) is 13.9 Å². The molecule has 246 valence electrons. The Morgan fingerprint density at radius 2 is 1.57 bits per heavy atom. The van der Waals surface area contributed by atoms with Crippen LogP contribution >= 0.6 is 0 Å². The first kappa shape index (κ1) is 35.5. The maximum atomic E-state index is 13.7. The predicted molar refractivity (Wildman–Crippen MR) is 161 cm³/mol. The van der Waals surface area contributed by atoms with Crippen LogP contribution in [0.15, 0.2) is 42.6 Å². The zero-order valence-electron chi connectivity index (χ0n) is 26.6. The van der Waals surface area contributed by atoms with Crippen molar-refractivity contribution >= 4 is 41.0 Å². The van der Waals surface area contributed by atoms with Crippen LogP contribution in [0.3, 0.4) is 0 Å². The van der Waals surface area contributed by atoms with E-state index in [0.717, 1.165) is 0 Å². The number of hydrogen-bond acceptors (Lipinski definition) is 12. The summed E-state index contributed by atoms with van der Waals surface area (Å²) in [5.41, 5.74) is 0.239. The second kappa shape index (κ2) is 15.9. The largest absolute Gasteiger partial charge is 0.493 e. The Morgan fingerprint density at radius 3 is 2.17 bits per heavy atom. The summed E-state index contributed by atoms with van der Waals surface area (Å²) in [6.07, 6.45) is -1.08. The number of rotatable bonds is 11. The van der Waals surface area contributed by atoms with Crippen molar-refractivity contribution in [3.8, 4) is 11.5 Å². The number of nitrogens with one attached hydrogen (secondary N) is 1. The first-order valence-corrected chi connectivity index (χ1v) is 14.8. The molecule has 13 heteroatoms. The van der Waals surface area contributed by atoms with E-state index in [2.05, 4.69) is 10.3 Å². The van der Waals surface area contributed by atoms with E-state index in [9.17, 15) is 33.6 Å². The second-order valence-corrected chi connectivity index (χ2v) is 11.5. The third kappa shape index (κ3) is 8.61. The van der Waals surface area contributed by atoms with E-state index in [4.69, 9.17) is 18.9 Å². The summed E-state index contributed by atoms with van der Waals surface area (Å²) in [5.74, 6) is -10.4. The number of ether oxygens (including phenoxy) is 4. The van der Waals surface area contributed by atoms with Gasteiger partial charge in [-0.05, 0) is 12.0 Å². The summed E-state index contributed by atoms with van der Waals surface area (Å²) in [4.78, 5) is 96.1. The fraction of sp³-hybridized carbons (Fsp3) is 0.455. The molecule has 46 heavy (non-hydrogen) atoms. The zero-order chi connectivity index (χ0) is 34.1. The van der Waals surface area contributed by atoms with E-state index in [-0.39, 0.29) is 17.9 Å². The van der Waals surface area contributed by atoms with Crippen LogP contribution in [0.1, 0.15) is 57.1 Å². The Morgan fingerprint density at radius 1 is 0.913 bits per heavy atom. The molecule has 0 unspecified atom stereocenters. The van der Waals surface area contributed by atoms with E-state index in [0.29, 0.717) is 5.56 Å². The molecule has 1 aliphatic rings. The third-order valence-corrected chi connectivity index (χ3v) is 7.37. The fourth-order valence-electron chi connectivity index (χ4n) is 4.71. The van der Waals surface area contributed by atoms with Crippen LogP contribution in [0.2, 0.25) is 0 Å². The molecule has 1 saturated carbocycles. The quantitative estimate of drug-likeness (QED) is 0.216. The number of carbonyl (C=O) groups excluding carboxylic acids is 7. The standard InChI is InChI=1S/C33H38N2O11/c1-17(2)32(41)45-16-44-30-24(43-6)12-13-34-25(30)31(40)35-22-15-23(36)27(38)21(14-20-10-8-7-9-11-20)29(46-33(42)18(3)4)19(5)26(37)28(22)39/h7-13,17-19,21-22,29H,14-16H2,1-6H3,(H,35,40)/t19-,21+,22+,29-/m1/s1. The number of ketones is 4. The minimum atomic E-state index is -1.75. The van der Waals surface area contributed by atoms with Gasteiger partial charge in [0.1, 0.15) is 12.1 Å². The van der Waals surface area contributed by atoms with Gasteiger partial charge >= 0.3 is 11.9 Å². The molecule has 1 aliphatic carbocycles. The summed E-state index contributed by atoms with van der Waals surface area (Å²) < 4.78 is 21.4. The lowest BCUT2D eigenvalue weighted by Crippen LogP contribution is -2.48. The van der Waals surface area contributed by atoms with Gasteiger partial charge in [-0.1, -0.05) is 65.0 Å². The molecule has 1 amide bonds. The highest BCUT2D eigenvalue weighted by Gasteiger charge is 2.46. The fourth-order valence-corrected chi connectivity index (χ4v) is 4.71. The van der Waals surface area contributed by atoms with Crippen LogP contribution in [0.4, 0.5) is 0 Å². The average Bonchev–Trinajstić information content (AvgIpc) is 3.05. The molecule has 0 radical (unpaired) electrons. The van der Waals surface area contributed by atoms with Gasteiger partial charge in [-0.2, -0.15) is 0 Å². The van der Waals surface area contributed by atoms with Crippen LogP contribution in [-0.2, 0) is 44.7 Å². The van der Waals surface area contributed by atoms with Gasteiger partial charge in [-0.15, -0.1) is 0 Å². The number of amides is 1. The summed E-state index contributed by atoms with van der Waals surface area (Å²) >= 11 is 0. The summed E-state index contributed by atoms with van der Waals surface area (Å²) in [7, 11) is 1.30. The van der Waals surface area contributed by atoms with Crippen molar-refractivity contribution in [3.05, 3.63) is 53.9 Å². The number of aromatic nitrogens is 1. The molecule has 1 N–H and O–H groups in total. The van der Waals surface area contributed by atoms with Crippen LogP contribution in [0.5, 0.6) is 11.5 Å². The molecule has 13 nitrogen and oxygen atoms in total. The number of carbonyl (C=O) groups is 7. The van der Waals surface area contributed by atoms with Crippen molar-refractivity contribution in [2.45, 2.75) is 59.6 Å². The number of hydrogen-bond donors (Lipinski definition) is 1. The van der Waals surface area contributed by atoms with E-state index in [1.54, 1.807) is 58.0 Å². The number of benzene rings is 1. The van der Waals surface area contributed by atoms with E-state index >= 15 is 0 Å². The first-order chi connectivity index (χ1) is 21.8. The molecule has 0 saturated heterocycles. The van der Waals surface area contributed by atoms with Gasteiger partial charge in [0.05, 0.1) is 30.8 Å². The highest BCUT2D eigenvalue weighted by molar-refractivity contribution is 6.44. The number of nitrogens with zero attached hydrogens (tertiary/aromatic N) is 1. The van der Waals surface area contributed by atoms with E-state index in [1.165, 1.54) is 26.3 Å². The number of Topliss-reactive ketones (excluding diaryl/α,β-unsaturated/α-hetero) is 4. The highest BCUT2D eigenvalue weighted by atomic mass is 16.7. The smallest absolute Gasteiger partial charge is 0.311 e. The molecule has 1 heterocycles. The molecular weight excluding hydrogens is 600 g/mol. The van der Waals surface area contributed by atoms with E-state index < -0.39 is 95.7 Å². The minimum Gasteiger partial charge on any atom is -0.493 e. The van der Waals surface area contributed by atoms with E-state index in [1.807, 2.05) is 0 Å². The lowest BCUT2D eigenvalue weighted by atomic mass is 9.81. The van der Waals surface area contributed by atoms with Gasteiger partial charge in [0.2, 0.25) is 29.9 Å². The van der Waals surface area contributed by atoms with Crippen molar-refractivity contribution in [1.82, 2.24) is 10.3 Å². The summed E-state index contributed by atoms with van der Waals surface area (Å²) in [5, 5.41) is 2.33. The van der Waals surface area contributed by atoms with Crippen molar-refractivity contribution < 1.29 is 52.5 Å². The lowest BCUT2D eigenvalue weighted by Gasteiger charge is -2.29. The normalized spacial score (nSPS) is 20.4. The average molecular weight is 639 g/mol. The Balaban J connectivity index is 1.96.